The van der Waals surface area contributed by atoms with Gasteiger partial charge < -0.3 is 5.32 Å². The Hall–Kier alpha value is -0.870. The molecule has 0 amide bonds. The highest BCUT2D eigenvalue weighted by molar-refractivity contribution is 7.91. The van der Waals surface area contributed by atoms with Crippen LogP contribution in [0.2, 0.25) is 0 Å². The molecule has 4 heteroatoms. The molecule has 2 aliphatic rings. The summed E-state index contributed by atoms with van der Waals surface area (Å²) >= 11 is 0. The number of aryl methyl sites for hydroxylation is 1. The highest BCUT2D eigenvalue weighted by Gasteiger charge is 2.35. The lowest BCUT2D eigenvalue weighted by Crippen LogP contribution is -2.28. The van der Waals surface area contributed by atoms with Crippen LogP contribution in [0.15, 0.2) is 24.3 Å². The minimum absolute atomic E-state index is 0.272. The first-order chi connectivity index (χ1) is 9.53. The van der Waals surface area contributed by atoms with Gasteiger partial charge in [0.1, 0.15) is 0 Å². The van der Waals surface area contributed by atoms with Crippen molar-refractivity contribution in [2.45, 2.75) is 38.1 Å². The third kappa shape index (κ3) is 3.41. The molecule has 2 fully saturated rings. The van der Waals surface area contributed by atoms with Crippen molar-refractivity contribution in [3.8, 4) is 0 Å². The predicted octanol–water partition coefficient (Wildman–Crippen LogP) is 2.27. The largest absolute Gasteiger partial charge is 0.313 e. The van der Waals surface area contributed by atoms with Crippen LogP contribution in [-0.2, 0) is 9.84 Å². The molecule has 1 aliphatic heterocycles. The molecule has 0 bridgehead atoms. The smallest absolute Gasteiger partial charge is 0.150 e. The first kappa shape index (κ1) is 14.1. The van der Waals surface area contributed by atoms with E-state index in [0.29, 0.717) is 23.5 Å². The van der Waals surface area contributed by atoms with Crippen LogP contribution in [0.5, 0.6) is 0 Å². The second kappa shape index (κ2) is 5.49. The molecule has 2 atom stereocenters. The maximum absolute atomic E-state index is 11.8. The molecule has 1 aromatic rings. The van der Waals surface area contributed by atoms with E-state index in [9.17, 15) is 8.42 Å². The monoisotopic (exact) mass is 293 g/mol. The maximum atomic E-state index is 11.8. The number of benzene rings is 1. The second-order valence-electron chi connectivity index (χ2n) is 6.36. The van der Waals surface area contributed by atoms with E-state index in [-0.39, 0.29) is 5.92 Å². The number of hydrogen-bond donors (Lipinski definition) is 1. The van der Waals surface area contributed by atoms with E-state index in [0.717, 1.165) is 13.0 Å². The summed E-state index contributed by atoms with van der Waals surface area (Å²) in [7, 11) is -2.81. The average Bonchev–Trinajstić information content (AvgIpc) is 3.15. The van der Waals surface area contributed by atoms with Crippen LogP contribution < -0.4 is 5.32 Å². The highest BCUT2D eigenvalue weighted by Crippen LogP contribution is 2.34. The Bertz CT molecular complexity index is 561. The molecule has 110 valence electrons. The van der Waals surface area contributed by atoms with Crippen LogP contribution >= 0.6 is 0 Å². The lowest BCUT2D eigenvalue weighted by Gasteiger charge is -2.24. The summed E-state index contributed by atoms with van der Waals surface area (Å²) in [5.74, 6) is 1.32. The van der Waals surface area contributed by atoms with Gasteiger partial charge in [-0.3, -0.25) is 0 Å². The standard InChI is InChI=1S/C16H23NO2S/c1-12-2-4-13(5-3-12)16(10-17-15-6-7-15)14-8-9-20(18,19)11-14/h2-5,14-17H,6-11H2,1H3. The van der Waals surface area contributed by atoms with Gasteiger partial charge in [0.25, 0.3) is 0 Å². The van der Waals surface area contributed by atoms with Crippen LogP contribution in [0.3, 0.4) is 0 Å². The van der Waals surface area contributed by atoms with E-state index in [1.807, 2.05) is 0 Å². The average molecular weight is 293 g/mol. The topological polar surface area (TPSA) is 46.2 Å². The minimum atomic E-state index is -2.81. The van der Waals surface area contributed by atoms with Crippen molar-refractivity contribution in [1.29, 1.82) is 0 Å². The molecule has 1 saturated heterocycles. The molecule has 3 nitrogen and oxygen atoms in total. The van der Waals surface area contributed by atoms with Crippen LogP contribution in [0.4, 0.5) is 0 Å². The molecular weight excluding hydrogens is 270 g/mol. The molecule has 3 rings (SSSR count). The van der Waals surface area contributed by atoms with E-state index < -0.39 is 9.84 Å². The third-order valence-electron chi connectivity index (χ3n) is 4.55. The van der Waals surface area contributed by atoms with Gasteiger partial charge in [0, 0.05) is 18.5 Å². The maximum Gasteiger partial charge on any atom is 0.150 e. The molecule has 1 N–H and O–H groups in total. The number of hydrogen-bond acceptors (Lipinski definition) is 3. The van der Waals surface area contributed by atoms with Gasteiger partial charge in [-0.15, -0.1) is 0 Å². The van der Waals surface area contributed by atoms with E-state index in [1.165, 1.54) is 24.0 Å². The van der Waals surface area contributed by atoms with Crippen LogP contribution in [0.1, 0.15) is 36.3 Å². The predicted molar refractivity (Wildman–Crippen MR) is 81.7 cm³/mol. The Morgan fingerprint density at radius 3 is 2.45 bits per heavy atom. The van der Waals surface area contributed by atoms with E-state index in [2.05, 4.69) is 36.5 Å². The molecule has 1 heterocycles. The second-order valence-corrected chi connectivity index (χ2v) is 8.59. The molecule has 0 aromatic heterocycles. The molecule has 2 unspecified atom stereocenters. The zero-order valence-corrected chi connectivity index (χ0v) is 12.8. The normalized spacial score (nSPS) is 26.6. The zero-order chi connectivity index (χ0) is 14.2. The fourth-order valence-electron chi connectivity index (χ4n) is 3.09. The summed E-state index contributed by atoms with van der Waals surface area (Å²) in [4.78, 5) is 0. The van der Waals surface area contributed by atoms with Gasteiger partial charge in [-0.1, -0.05) is 29.8 Å². The molecule has 1 aromatic carbocycles. The molecular formula is C16H23NO2S. The molecule has 1 aliphatic carbocycles. The number of sulfone groups is 1. The van der Waals surface area contributed by atoms with Gasteiger partial charge in [-0.2, -0.15) is 0 Å². The fourth-order valence-corrected chi connectivity index (χ4v) is 4.97. The van der Waals surface area contributed by atoms with Crippen molar-refractivity contribution in [3.63, 3.8) is 0 Å². The van der Waals surface area contributed by atoms with Crippen LogP contribution in [0.25, 0.3) is 0 Å². The van der Waals surface area contributed by atoms with E-state index >= 15 is 0 Å². The Labute approximate surface area is 121 Å². The number of nitrogens with one attached hydrogen (secondary N) is 1. The fraction of sp³-hybridized carbons (Fsp3) is 0.625. The summed E-state index contributed by atoms with van der Waals surface area (Å²) in [5, 5.41) is 3.58. The highest BCUT2D eigenvalue weighted by atomic mass is 32.2. The van der Waals surface area contributed by atoms with Crippen molar-refractivity contribution < 1.29 is 8.42 Å². The SMILES string of the molecule is Cc1ccc(C(CNC2CC2)C2CCS(=O)(=O)C2)cc1. The molecule has 0 radical (unpaired) electrons. The first-order valence-electron chi connectivity index (χ1n) is 7.54. The first-order valence-corrected chi connectivity index (χ1v) is 9.36. The van der Waals surface area contributed by atoms with Crippen molar-refractivity contribution in [3.05, 3.63) is 35.4 Å². The van der Waals surface area contributed by atoms with Gasteiger partial charge in [-0.25, -0.2) is 8.42 Å². The lowest BCUT2D eigenvalue weighted by molar-refractivity contribution is 0.437. The van der Waals surface area contributed by atoms with Gasteiger partial charge >= 0.3 is 0 Å². The number of rotatable bonds is 5. The van der Waals surface area contributed by atoms with Crippen LogP contribution in [-0.4, -0.2) is 32.5 Å². The summed E-state index contributed by atoms with van der Waals surface area (Å²) in [6, 6.07) is 9.26. The van der Waals surface area contributed by atoms with Gasteiger partial charge in [0.05, 0.1) is 11.5 Å². The zero-order valence-electron chi connectivity index (χ0n) is 12.0. The third-order valence-corrected chi connectivity index (χ3v) is 6.34. The lowest BCUT2D eigenvalue weighted by atomic mass is 9.85. The Kier molecular flexibility index (Phi) is 3.87. The van der Waals surface area contributed by atoms with Crippen LogP contribution in [0, 0.1) is 12.8 Å². The minimum Gasteiger partial charge on any atom is -0.313 e. The van der Waals surface area contributed by atoms with E-state index in [4.69, 9.17) is 0 Å². The van der Waals surface area contributed by atoms with Gasteiger partial charge in [-0.05, 0) is 37.7 Å². The summed E-state index contributed by atoms with van der Waals surface area (Å²) in [6.45, 7) is 3.00. The van der Waals surface area contributed by atoms with Gasteiger partial charge in [0.15, 0.2) is 9.84 Å². The van der Waals surface area contributed by atoms with Crippen molar-refractivity contribution in [1.82, 2.24) is 5.32 Å². The Morgan fingerprint density at radius 1 is 1.20 bits per heavy atom. The van der Waals surface area contributed by atoms with Crippen molar-refractivity contribution >= 4 is 9.84 Å². The molecule has 1 saturated carbocycles. The quantitative estimate of drug-likeness (QED) is 0.906. The molecule has 0 spiro atoms. The van der Waals surface area contributed by atoms with Gasteiger partial charge in [0.2, 0.25) is 0 Å². The molecule has 20 heavy (non-hydrogen) atoms. The Morgan fingerprint density at radius 2 is 1.90 bits per heavy atom. The van der Waals surface area contributed by atoms with Crippen molar-refractivity contribution in [2.24, 2.45) is 5.92 Å². The summed E-state index contributed by atoms with van der Waals surface area (Å²) in [5.41, 5.74) is 2.53. The van der Waals surface area contributed by atoms with E-state index in [1.54, 1.807) is 0 Å². The summed E-state index contributed by atoms with van der Waals surface area (Å²) in [6.07, 6.45) is 3.35. The van der Waals surface area contributed by atoms with Crippen molar-refractivity contribution in [2.75, 3.05) is 18.1 Å². The summed E-state index contributed by atoms with van der Waals surface area (Å²) < 4.78 is 23.5. The Balaban J connectivity index is 1.77.